The van der Waals surface area contributed by atoms with Crippen LogP contribution >= 0.6 is 11.6 Å². The number of aryl methyl sites for hydroxylation is 1. The fourth-order valence-electron chi connectivity index (χ4n) is 1.33. The molecule has 0 aliphatic rings. The van der Waals surface area contributed by atoms with Gasteiger partial charge in [0.25, 0.3) is 0 Å². The Balaban J connectivity index is 2.48. The molecule has 0 spiro atoms. The van der Waals surface area contributed by atoms with E-state index in [1.54, 1.807) is 0 Å². The molecule has 5 heteroatoms. The van der Waals surface area contributed by atoms with Crippen LogP contribution in [0.5, 0.6) is 5.88 Å². The zero-order valence-electron chi connectivity index (χ0n) is 11.5. The molecule has 0 aliphatic heterocycles. The maximum absolute atomic E-state index is 6.02. The molecule has 18 heavy (non-hydrogen) atoms. The molecule has 1 aromatic heterocycles. The number of ether oxygens (including phenoxy) is 2. The van der Waals surface area contributed by atoms with Gasteiger partial charge in [0, 0.05) is 18.6 Å². The maximum Gasteiger partial charge on any atom is 0.221 e. The van der Waals surface area contributed by atoms with Gasteiger partial charge in [-0.15, -0.1) is 0 Å². The fraction of sp³-hybridized carbons (Fsp3) is 0.692. The fourth-order valence-corrected chi connectivity index (χ4v) is 1.50. The Kier molecular flexibility index (Phi) is 6.36. The van der Waals surface area contributed by atoms with E-state index >= 15 is 0 Å². The van der Waals surface area contributed by atoms with E-state index in [4.69, 9.17) is 21.1 Å². The highest BCUT2D eigenvalue weighted by atomic mass is 35.5. The van der Waals surface area contributed by atoms with Crippen LogP contribution in [0.3, 0.4) is 0 Å². The third kappa shape index (κ3) is 4.78. The smallest absolute Gasteiger partial charge is 0.221 e. The lowest BCUT2D eigenvalue weighted by atomic mass is 10.2. The molecule has 0 bridgehead atoms. The van der Waals surface area contributed by atoms with Gasteiger partial charge < -0.3 is 9.47 Å². The minimum atomic E-state index is 0.458. The molecule has 0 fully saturated rings. The zero-order chi connectivity index (χ0) is 13.5. The third-order valence-electron chi connectivity index (χ3n) is 2.32. The minimum absolute atomic E-state index is 0.458. The number of hydrogen-bond acceptors (Lipinski definition) is 4. The highest BCUT2D eigenvalue weighted by Crippen LogP contribution is 2.21. The van der Waals surface area contributed by atoms with Crippen LogP contribution in [0.4, 0.5) is 0 Å². The Bertz CT molecular complexity index is 383. The zero-order valence-corrected chi connectivity index (χ0v) is 12.3. The summed E-state index contributed by atoms with van der Waals surface area (Å²) in [5, 5.41) is 0.458. The van der Waals surface area contributed by atoms with Crippen LogP contribution in [0.2, 0.25) is 5.15 Å². The van der Waals surface area contributed by atoms with Crippen molar-refractivity contribution < 1.29 is 9.47 Å². The summed E-state index contributed by atoms with van der Waals surface area (Å²) in [6.07, 6.45) is 0.736. The summed E-state index contributed by atoms with van der Waals surface area (Å²) in [6.45, 7) is 9.84. The predicted octanol–water partition coefficient (Wildman–Crippen LogP) is 3.05. The van der Waals surface area contributed by atoms with Gasteiger partial charge in [0.15, 0.2) is 0 Å². The maximum atomic E-state index is 6.02. The first kappa shape index (κ1) is 15.2. The van der Waals surface area contributed by atoms with Crippen LogP contribution in [0.1, 0.15) is 32.2 Å². The number of rotatable bonds is 7. The van der Waals surface area contributed by atoms with Gasteiger partial charge in [0.1, 0.15) is 17.6 Å². The van der Waals surface area contributed by atoms with E-state index in [0.717, 1.165) is 18.6 Å². The molecule has 1 rings (SSSR count). The number of nitrogens with zero attached hydrogens (tertiary/aromatic N) is 2. The molecule has 0 amide bonds. The minimum Gasteiger partial charge on any atom is -0.475 e. The first-order valence-corrected chi connectivity index (χ1v) is 6.66. The number of hydrogen-bond donors (Lipinski definition) is 0. The molecule has 0 aromatic carbocycles. The Morgan fingerprint density at radius 2 is 1.94 bits per heavy atom. The molecular weight excluding hydrogens is 252 g/mol. The second-order valence-electron chi connectivity index (χ2n) is 4.53. The van der Waals surface area contributed by atoms with Crippen molar-refractivity contribution in [1.82, 2.24) is 9.97 Å². The second-order valence-corrected chi connectivity index (χ2v) is 4.89. The van der Waals surface area contributed by atoms with E-state index in [-0.39, 0.29) is 0 Å². The van der Waals surface area contributed by atoms with Crippen molar-refractivity contribution in [2.24, 2.45) is 5.92 Å². The van der Waals surface area contributed by atoms with E-state index in [1.807, 2.05) is 13.8 Å². The highest BCUT2D eigenvalue weighted by Gasteiger charge is 2.09. The topological polar surface area (TPSA) is 44.2 Å². The van der Waals surface area contributed by atoms with E-state index in [9.17, 15) is 0 Å². The van der Waals surface area contributed by atoms with E-state index < -0.39 is 0 Å². The monoisotopic (exact) mass is 272 g/mol. The number of halogens is 1. The molecule has 102 valence electrons. The molecule has 0 saturated carbocycles. The first-order valence-electron chi connectivity index (χ1n) is 6.28. The van der Waals surface area contributed by atoms with Crippen molar-refractivity contribution in [2.75, 3.05) is 19.8 Å². The Morgan fingerprint density at radius 1 is 1.22 bits per heavy atom. The van der Waals surface area contributed by atoms with Crippen LogP contribution in [0.15, 0.2) is 0 Å². The van der Waals surface area contributed by atoms with Crippen LogP contribution < -0.4 is 4.74 Å². The number of aromatic nitrogens is 2. The lowest BCUT2D eigenvalue weighted by molar-refractivity contribution is 0.0803. The average molecular weight is 273 g/mol. The Morgan fingerprint density at radius 3 is 2.56 bits per heavy atom. The van der Waals surface area contributed by atoms with Crippen LogP contribution in [-0.4, -0.2) is 29.8 Å². The molecule has 4 nitrogen and oxygen atoms in total. The van der Waals surface area contributed by atoms with E-state index in [1.165, 1.54) is 0 Å². The van der Waals surface area contributed by atoms with Gasteiger partial charge in [0.05, 0.1) is 6.61 Å². The molecule has 1 heterocycles. The first-order chi connectivity index (χ1) is 8.54. The van der Waals surface area contributed by atoms with Crippen molar-refractivity contribution >= 4 is 11.6 Å². The molecule has 0 unspecified atom stereocenters. The predicted molar refractivity (Wildman–Crippen MR) is 72.3 cm³/mol. The lowest BCUT2D eigenvalue weighted by Gasteiger charge is -2.11. The summed E-state index contributed by atoms with van der Waals surface area (Å²) in [7, 11) is 0. The van der Waals surface area contributed by atoms with Crippen molar-refractivity contribution in [1.29, 1.82) is 0 Å². The van der Waals surface area contributed by atoms with Crippen molar-refractivity contribution in [3.05, 3.63) is 16.5 Å². The van der Waals surface area contributed by atoms with Crippen molar-refractivity contribution in [3.8, 4) is 5.88 Å². The SMILES string of the molecule is CCc1nc(Cl)c(C)c(OCCOCC(C)C)n1. The van der Waals surface area contributed by atoms with Gasteiger partial charge in [-0.05, 0) is 12.8 Å². The summed E-state index contributed by atoms with van der Waals surface area (Å²) in [4.78, 5) is 8.47. The molecule has 1 aromatic rings. The summed E-state index contributed by atoms with van der Waals surface area (Å²) in [6, 6.07) is 0. The van der Waals surface area contributed by atoms with Crippen LogP contribution in [-0.2, 0) is 11.2 Å². The van der Waals surface area contributed by atoms with Crippen molar-refractivity contribution in [2.45, 2.75) is 34.1 Å². The summed E-state index contributed by atoms with van der Waals surface area (Å²) in [5.41, 5.74) is 0.776. The van der Waals surface area contributed by atoms with Gasteiger partial charge in [0.2, 0.25) is 5.88 Å². The summed E-state index contributed by atoms with van der Waals surface area (Å²) in [5.74, 6) is 1.79. The molecular formula is C13H21ClN2O2. The van der Waals surface area contributed by atoms with E-state index in [0.29, 0.717) is 36.0 Å². The average Bonchev–Trinajstić information content (AvgIpc) is 2.33. The third-order valence-corrected chi connectivity index (χ3v) is 2.69. The normalized spacial score (nSPS) is 11.0. The molecule has 0 aliphatic carbocycles. The van der Waals surface area contributed by atoms with Gasteiger partial charge in [-0.3, -0.25) is 0 Å². The molecule has 0 radical (unpaired) electrons. The summed E-state index contributed by atoms with van der Waals surface area (Å²) < 4.78 is 11.0. The highest BCUT2D eigenvalue weighted by molar-refractivity contribution is 6.30. The van der Waals surface area contributed by atoms with Gasteiger partial charge >= 0.3 is 0 Å². The molecule has 0 N–H and O–H groups in total. The van der Waals surface area contributed by atoms with Gasteiger partial charge in [-0.1, -0.05) is 32.4 Å². The Labute approximate surface area is 114 Å². The molecule has 0 saturated heterocycles. The largest absolute Gasteiger partial charge is 0.475 e. The standard InChI is InChI=1S/C13H21ClN2O2/c1-5-11-15-12(14)10(4)13(16-11)18-7-6-17-8-9(2)3/h9H,5-8H2,1-4H3. The second kappa shape index (κ2) is 7.54. The van der Waals surface area contributed by atoms with Crippen LogP contribution in [0, 0.1) is 12.8 Å². The van der Waals surface area contributed by atoms with Crippen molar-refractivity contribution in [3.63, 3.8) is 0 Å². The van der Waals surface area contributed by atoms with Gasteiger partial charge in [-0.2, -0.15) is 4.98 Å². The van der Waals surface area contributed by atoms with Gasteiger partial charge in [-0.25, -0.2) is 4.98 Å². The van der Waals surface area contributed by atoms with E-state index in [2.05, 4.69) is 23.8 Å². The summed E-state index contributed by atoms with van der Waals surface area (Å²) >= 11 is 6.02. The molecule has 0 atom stereocenters. The Hall–Kier alpha value is -0.870. The quantitative estimate of drug-likeness (QED) is 0.565. The van der Waals surface area contributed by atoms with Crippen LogP contribution in [0.25, 0.3) is 0 Å². The lowest BCUT2D eigenvalue weighted by Crippen LogP contribution is -2.12.